The van der Waals surface area contributed by atoms with Gasteiger partial charge in [-0.15, -0.1) is 0 Å². The molecule has 2 aliphatic carbocycles. The van der Waals surface area contributed by atoms with Crippen LogP contribution in [0.15, 0.2) is 24.3 Å². The van der Waals surface area contributed by atoms with Crippen LogP contribution in [0, 0.1) is 5.92 Å². The van der Waals surface area contributed by atoms with Crippen LogP contribution in [0.4, 0.5) is 0 Å². The van der Waals surface area contributed by atoms with E-state index in [1.54, 1.807) is 18.1 Å². The minimum atomic E-state index is 0.342. The summed E-state index contributed by atoms with van der Waals surface area (Å²) in [5.74, 6) is 1.15. The molecule has 1 aromatic rings. The van der Waals surface area contributed by atoms with Crippen LogP contribution in [-0.2, 0) is 16.6 Å². The fourth-order valence-electron chi connectivity index (χ4n) is 4.11. The summed E-state index contributed by atoms with van der Waals surface area (Å²) in [5.41, 5.74) is 3.45. The monoisotopic (exact) mass is 228 g/mol. The summed E-state index contributed by atoms with van der Waals surface area (Å²) in [6, 6.07) is 8.90. The van der Waals surface area contributed by atoms with Crippen LogP contribution in [-0.4, -0.2) is 5.78 Å². The SMILES string of the molecule is CC(=O)CC[C@@]12CCC[C@@H]1Cc1ccccc12. The molecular formula is C16H20O. The Morgan fingerprint density at radius 1 is 1.41 bits per heavy atom. The summed E-state index contributed by atoms with van der Waals surface area (Å²) in [6.45, 7) is 1.72. The van der Waals surface area contributed by atoms with Crippen LogP contribution >= 0.6 is 0 Å². The van der Waals surface area contributed by atoms with Crippen molar-refractivity contribution in [1.82, 2.24) is 0 Å². The van der Waals surface area contributed by atoms with Crippen LogP contribution in [0.25, 0.3) is 0 Å². The van der Waals surface area contributed by atoms with Gasteiger partial charge in [-0.3, -0.25) is 0 Å². The third-order valence-corrected chi connectivity index (χ3v) is 4.90. The number of hydrogen-bond acceptors (Lipinski definition) is 1. The fourth-order valence-corrected chi connectivity index (χ4v) is 4.11. The normalized spacial score (nSPS) is 30.1. The van der Waals surface area contributed by atoms with E-state index in [9.17, 15) is 4.79 Å². The summed E-state index contributed by atoms with van der Waals surface area (Å²) in [6.07, 6.45) is 7.06. The zero-order chi connectivity index (χ0) is 11.9. The Hall–Kier alpha value is -1.11. The number of fused-ring (bicyclic) bond motifs is 3. The Morgan fingerprint density at radius 2 is 2.24 bits per heavy atom. The Balaban J connectivity index is 1.97. The molecular weight excluding hydrogens is 208 g/mol. The molecule has 0 N–H and O–H groups in total. The first kappa shape index (κ1) is 11.0. The number of rotatable bonds is 3. The van der Waals surface area contributed by atoms with E-state index >= 15 is 0 Å². The van der Waals surface area contributed by atoms with E-state index in [0.29, 0.717) is 11.2 Å². The van der Waals surface area contributed by atoms with Gasteiger partial charge < -0.3 is 4.79 Å². The van der Waals surface area contributed by atoms with E-state index in [-0.39, 0.29) is 0 Å². The molecule has 2 atom stereocenters. The Bertz CT molecular complexity index is 449. The lowest BCUT2D eigenvalue weighted by Gasteiger charge is -2.30. The predicted octanol–water partition coefficient (Wildman–Crippen LogP) is 3.65. The van der Waals surface area contributed by atoms with E-state index in [0.717, 1.165) is 18.8 Å². The maximum Gasteiger partial charge on any atom is 0.129 e. The highest BCUT2D eigenvalue weighted by atomic mass is 16.1. The van der Waals surface area contributed by atoms with E-state index in [1.165, 1.54) is 25.7 Å². The number of hydrogen-bond donors (Lipinski definition) is 0. The molecule has 1 aromatic carbocycles. The highest BCUT2D eigenvalue weighted by molar-refractivity contribution is 5.75. The summed E-state index contributed by atoms with van der Waals surface area (Å²) in [4.78, 5) is 11.3. The zero-order valence-corrected chi connectivity index (χ0v) is 10.5. The van der Waals surface area contributed by atoms with Crippen LogP contribution in [0.2, 0.25) is 0 Å². The van der Waals surface area contributed by atoms with Gasteiger partial charge in [0.15, 0.2) is 0 Å². The molecule has 0 aromatic heterocycles. The number of ketones is 1. The highest BCUT2D eigenvalue weighted by Crippen LogP contribution is 2.55. The second kappa shape index (κ2) is 3.97. The average Bonchev–Trinajstić information content (AvgIpc) is 2.82. The smallest absolute Gasteiger partial charge is 0.129 e. The summed E-state index contributed by atoms with van der Waals surface area (Å²) >= 11 is 0. The second-order valence-electron chi connectivity index (χ2n) is 5.81. The van der Waals surface area contributed by atoms with Gasteiger partial charge in [-0.25, -0.2) is 0 Å². The van der Waals surface area contributed by atoms with Crippen molar-refractivity contribution in [3.8, 4) is 0 Å². The fraction of sp³-hybridized carbons (Fsp3) is 0.562. The zero-order valence-electron chi connectivity index (χ0n) is 10.5. The lowest BCUT2D eigenvalue weighted by molar-refractivity contribution is -0.117. The van der Waals surface area contributed by atoms with Crippen molar-refractivity contribution >= 4 is 5.78 Å². The number of Topliss-reactive ketones (excluding diaryl/α,β-unsaturated/α-hetero) is 1. The van der Waals surface area contributed by atoms with Crippen LogP contribution in [0.5, 0.6) is 0 Å². The molecule has 0 heterocycles. The maximum absolute atomic E-state index is 11.3. The van der Waals surface area contributed by atoms with Gasteiger partial charge in [0.2, 0.25) is 0 Å². The highest BCUT2D eigenvalue weighted by Gasteiger charge is 2.48. The van der Waals surface area contributed by atoms with Crippen molar-refractivity contribution in [1.29, 1.82) is 0 Å². The summed E-state index contributed by atoms with van der Waals surface area (Å²) < 4.78 is 0. The molecule has 0 unspecified atom stereocenters. The predicted molar refractivity (Wildman–Crippen MR) is 69.1 cm³/mol. The van der Waals surface area contributed by atoms with Crippen molar-refractivity contribution in [3.05, 3.63) is 35.4 Å². The lowest BCUT2D eigenvalue weighted by atomic mass is 9.73. The Kier molecular flexibility index (Phi) is 2.57. The largest absolute Gasteiger partial charge is 0.300 e. The molecule has 17 heavy (non-hydrogen) atoms. The third-order valence-electron chi connectivity index (χ3n) is 4.90. The van der Waals surface area contributed by atoms with Crippen molar-refractivity contribution in [2.24, 2.45) is 5.92 Å². The second-order valence-corrected chi connectivity index (χ2v) is 5.81. The minimum absolute atomic E-state index is 0.342. The maximum atomic E-state index is 11.3. The van der Waals surface area contributed by atoms with Crippen molar-refractivity contribution in [2.45, 2.75) is 50.9 Å². The Morgan fingerprint density at radius 3 is 3.06 bits per heavy atom. The first-order chi connectivity index (χ1) is 8.22. The van der Waals surface area contributed by atoms with Gasteiger partial charge >= 0.3 is 0 Å². The van der Waals surface area contributed by atoms with E-state index < -0.39 is 0 Å². The van der Waals surface area contributed by atoms with Gasteiger partial charge in [-0.1, -0.05) is 30.7 Å². The molecule has 0 amide bonds. The van der Waals surface area contributed by atoms with Gasteiger partial charge in [0.05, 0.1) is 0 Å². The van der Waals surface area contributed by atoms with E-state index in [4.69, 9.17) is 0 Å². The first-order valence-electron chi connectivity index (χ1n) is 6.80. The molecule has 90 valence electrons. The van der Waals surface area contributed by atoms with Crippen LogP contribution in [0.1, 0.15) is 50.2 Å². The van der Waals surface area contributed by atoms with Crippen molar-refractivity contribution in [2.75, 3.05) is 0 Å². The molecule has 1 saturated carbocycles. The van der Waals surface area contributed by atoms with E-state index in [2.05, 4.69) is 24.3 Å². The van der Waals surface area contributed by atoms with Crippen LogP contribution in [0.3, 0.4) is 0 Å². The Labute approximate surface area is 103 Å². The first-order valence-corrected chi connectivity index (χ1v) is 6.80. The molecule has 0 bridgehead atoms. The molecule has 3 rings (SSSR count). The quantitative estimate of drug-likeness (QED) is 0.771. The topological polar surface area (TPSA) is 17.1 Å². The van der Waals surface area contributed by atoms with E-state index in [1.807, 2.05) is 0 Å². The molecule has 2 aliphatic rings. The third kappa shape index (κ3) is 1.64. The van der Waals surface area contributed by atoms with Gasteiger partial charge in [-0.2, -0.15) is 0 Å². The molecule has 0 saturated heterocycles. The number of carbonyl (C=O) groups is 1. The lowest BCUT2D eigenvalue weighted by Crippen LogP contribution is -2.27. The molecule has 0 aliphatic heterocycles. The number of benzene rings is 1. The minimum Gasteiger partial charge on any atom is -0.300 e. The van der Waals surface area contributed by atoms with Crippen molar-refractivity contribution in [3.63, 3.8) is 0 Å². The molecule has 1 nitrogen and oxygen atoms in total. The van der Waals surface area contributed by atoms with Crippen LogP contribution < -0.4 is 0 Å². The molecule has 1 fully saturated rings. The summed E-state index contributed by atoms with van der Waals surface area (Å²) in [5, 5.41) is 0. The molecule has 0 spiro atoms. The summed E-state index contributed by atoms with van der Waals surface area (Å²) in [7, 11) is 0. The molecule has 0 radical (unpaired) electrons. The van der Waals surface area contributed by atoms with Gasteiger partial charge in [0, 0.05) is 6.42 Å². The number of carbonyl (C=O) groups excluding carboxylic acids is 1. The average molecular weight is 228 g/mol. The standard InChI is InChI=1S/C16H20O/c1-12(17)8-10-16-9-4-6-14(16)11-13-5-2-3-7-15(13)16/h2-3,5,7,14H,4,6,8-11H2,1H3/t14-,16+/m1/s1. The van der Waals surface area contributed by atoms with Gasteiger partial charge in [0.25, 0.3) is 0 Å². The van der Waals surface area contributed by atoms with Gasteiger partial charge in [-0.05, 0) is 55.1 Å². The molecule has 1 heteroatoms. The van der Waals surface area contributed by atoms with Crippen molar-refractivity contribution < 1.29 is 4.79 Å². The van der Waals surface area contributed by atoms with Gasteiger partial charge in [0.1, 0.15) is 5.78 Å².